The maximum absolute atomic E-state index is 12.3. The molecule has 2 unspecified atom stereocenters. The number of methoxy groups -OCH3 is 5. The molecule has 0 bridgehead atoms. The van der Waals surface area contributed by atoms with Gasteiger partial charge in [0, 0.05) is 84.4 Å². The van der Waals surface area contributed by atoms with E-state index in [4.69, 9.17) is 61.6 Å². The van der Waals surface area contributed by atoms with Crippen LogP contribution >= 0.6 is 0 Å². The SMILES string of the molecule is CO[C@H]1CC[C@H](O[C@H]2[C@H](C)[C@@H]([C@H]3CC[C@H]([C@@H]4CC[C@H]([C@@]5(C)O[C@]6(O[C@H](C[C@@H]7O[C@](O)(C(C)C(=O)O)[C@@H](C)[C@H](OC)[C@@]7(C)OC)C[C@@H](OC)[C@H]6C)[C@H](C)[C@H]5OC)O4)O3)O[C@](C)(O)[C@@H]2C)OC1C. The number of carboxylic acids is 1. The molecule has 0 aromatic carbocycles. The van der Waals surface area contributed by atoms with E-state index in [-0.39, 0.29) is 78.9 Å². The van der Waals surface area contributed by atoms with Gasteiger partial charge in [-0.3, -0.25) is 4.79 Å². The van der Waals surface area contributed by atoms with Crippen molar-refractivity contribution in [1.29, 1.82) is 0 Å². The first-order valence-electron chi connectivity index (χ1n) is 24.7. The third kappa shape index (κ3) is 8.96. The first kappa shape index (κ1) is 52.7. The molecule has 1 spiro atoms. The van der Waals surface area contributed by atoms with Crippen LogP contribution < -0.4 is 0 Å². The Labute approximate surface area is 392 Å². The van der Waals surface area contributed by atoms with Crippen molar-refractivity contribution in [3.8, 4) is 0 Å². The van der Waals surface area contributed by atoms with Gasteiger partial charge < -0.3 is 76.9 Å². The highest BCUT2D eigenvalue weighted by Gasteiger charge is 2.70. The van der Waals surface area contributed by atoms with Crippen LogP contribution in [0.2, 0.25) is 0 Å². The second-order valence-electron chi connectivity index (χ2n) is 21.5. The van der Waals surface area contributed by atoms with Crippen molar-refractivity contribution in [2.75, 3.05) is 35.5 Å². The molecule has 7 aliphatic rings. The molecule has 66 heavy (non-hydrogen) atoms. The topological polar surface area (TPSA) is 198 Å². The van der Waals surface area contributed by atoms with Crippen LogP contribution in [-0.4, -0.2) is 171 Å². The van der Waals surface area contributed by atoms with Crippen molar-refractivity contribution >= 4 is 5.97 Å². The lowest BCUT2D eigenvalue weighted by Gasteiger charge is -2.57. The van der Waals surface area contributed by atoms with Crippen LogP contribution in [0.1, 0.15) is 121 Å². The molecule has 7 heterocycles. The molecule has 7 fully saturated rings. The van der Waals surface area contributed by atoms with E-state index in [9.17, 15) is 20.1 Å². The Bertz CT molecular complexity index is 1650. The number of aliphatic hydroxyl groups is 2. The zero-order valence-electron chi connectivity index (χ0n) is 42.3. The van der Waals surface area contributed by atoms with Gasteiger partial charge in [0.05, 0.1) is 79.4 Å². The van der Waals surface area contributed by atoms with Gasteiger partial charge in [-0.1, -0.05) is 34.6 Å². The van der Waals surface area contributed by atoms with E-state index in [0.717, 1.165) is 25.7 Å². The molecule has 7 saturated heterocycles. The number of hydrogen-bond acceptors (Lipinski definition) is 16. The summed E-state index contributed by atoms with van der Waals surface area (Å²) in [7, 11) is 8.19. The van der Waals surface area contributed by atoms with Crippen LogP contribution in [0.5, 0.6) is 0 Å². The minimum Gasteiger partial charge on any atom is -0.481 e. The predicted octanol–water partition coefficient (Wildman–Crippen LogP) is 5.22. The van der Waals surface area contributed by atoms with E-state index in [0.29, 0.717) is 19.3 Å². The fraction of sp³-hybridized carbons (Fsp3) is 0.980. The second kappa shape index (κ2) is 19.8. The highest BCUT2D eigenvalue weighted by Crippen LogP contribution is 2.57. The summed E-state index contributed by atoms with van der Waals surface area (Å²) in [5.74, 6) is -8.76. The van der Waals surface area contributed by atoms with Crippen molar-refractivity contribution in [3.63, 3.8) is 0 Å². The number of carboxylic acid groups (broad SMARTS) is 1. The molecule has 0 aliphatic carbocycles. The quantitative estimate of drug-likeness (QED) is 0.205. The lowest BCUT2D eigenvalue weighted by molar-refractivity contribution is -0.384. The molecule has 0 amide bonds. The second-order valence-corrected chi connectivity index (χ2v) is 21.5. The maximum Gasteiger partial charge on any atom is 0.311 e. The van der Waals surface area contributed by atoms with Crippen LogP contribution in [0, 0.1) is 35.5 Å². The van der Waals surface area contributed by atoms with Crippen molar-refractivity contribution in [1.82, 2.24) is 0 Å². The third-order valence-corrected chi connectivity index (χ3v) is 17.9. The first-order valence-corrected chi connectivity index (χ1v) is 24.7. The van der Waals surface area contributed by atoms with Crippen LogP contribution in [0.25, 0.3) is 0 Å². The van der Waals surface area contributed by atoms with Gasteiger partial charge in [-0.2, -0.15) is 0 Å². The standard InChI is InChI=1S/C49H84O17/c1-24-40(62-39-21-19-32(54-11)30(7)59-39)26(3)47(10,52)65-41(24)35-17-16-33(60-35)34-18-20-37(61-34)46(9)43(57-14)28(5)49(66-46)25(2)36(55-12)22-31(63-49)23-38-45(8,58-15)42(56-13)27(4)48(53,64-38)29(6)44(50)51/h24-43,52-53H,16-23H2,1-15H3,(H,50,51)/t24-,25+,26+,27-,28+,29?,30?,31-,32-,33+,34-,35+,36+,37+,38-,39-,40-,41-,42-,43+,45-,46+,47-,48-,49-/m0/s1. The lowest BCUT2D eigenvalue weighted by atomic mass is 9.71. The van der Waals surface area contributed by atoms with Gasteiger partial charge in [0.2, 0.25) is 0 Å². The molecule has 382 valence electrons. The predicted molar refractivity (Wildman–Crippen MR) is 237 cm³/mol. The number of ether oxygens (including phenoxy) is 13. The fourth-order valence-electron chi connectivity index (χ4n) is 13.5. The molecule has 17 heteroatoms. The van der Waals surface area contributed by atoms with Gasteiger partial charge in [0.25, 0.3) is 0 Å². The average Bonchev–Trinajstić information content (AvgIpc) is 4.02. The van der Waals surface area contributed by atoms with E-state index in [1.807, 2.05) is 20.8 Å². The summed E-state index contributed by atoms with van der Waals surface area (Å²) >= 11 is 0. The summed E-state index contributed by atoms with van der Waals surface area (Å²) in [6, 6.07) is 0. The zero-order chi connectivity index (χ0) is 48.5. The van der Waals surface area contributed by atoms with E-state index >= 15 is 0 Å². The Hall–Kier alpha value is -1.13. The number of aliphatic carboxylic acids is 1. The molecule has 0 aromatic rings. The summed E-state index contributed by atoms with van der Waals surface area (Å²) in [6.45, 7) is 19.0. The van der Waals surface area contributed by atoms with E-state index in [2.05, 4.69) is 27.7 Å². The Morgan fingerprint density at radius 3 is 1.94 bits per heavy atom. The van der Waals surface area contributed by atoms with Crippen LogP contribution in [0.3, 0.4) is 0 Å². The molecular formula is C49H84O17. The van der Waals surface area contributed by atoms with Crippen molar-refractivity contribution in [3.05, 3.63) is 0 Å². The zero-order valence-corrected chi connectivity index (χ0v) is 42.3. The molecule has 0 aromatic heterocycles. The Balaban J connectivity index is 1.05. The Morgan fingerprint density at radius 2 is 1.33 bits per heavy atom. The molecule has 0 radical (unpaired) electrons. The van der Waals surface area contributed by atoms with Gasteiger partial charge in [-0.05, 0) is 66.7 Å². The summed E-state index contributed by atoms with van der Waals surface area (Å²) in [6.07, 6.45) is 0.210. The number of carbonyl (C=O) groups is 1. The highest BCUT2D eigenvalue weighted by atomic mass is 16.7. The van der Waals surface area contributed by atoms with E-state index in [1.165, 1.54) is 14.0 Å². The number of rotatable bonds is 14. The molecule has 17 nitrogen and oxygen atoms in total. The molecule has 0 saturated carbocycles. The number of hydrogen-bond donors (Lipinski definition) is 3. The van der Waals surface area contributed by atoms with Crippen LogP contribution in [-0.2, 0) is 66.4 Å². The normalized spacial score (nSPS) is 53.9. The minimum absolute atomic E-state index is 0.0246. The largest absolute Gasteiger partial charge is 0.481 e. The van der Waals surface area contributed by atoms with Crippen molar-refractivity contribution in [2.24, 2.45) is 35.5 Å². The first-order chi connectivity index (χ1) is 31.0. The average molecular weight is 945 g/mol. The van der Waals surface area contributed by atoms with Gasteiger partial charge in [-0.25, -0.2) is 0 Å². The molecule has 7 aliphatic heterocycles. The summed E-state index contributed by atoms with van der Waals surface area (Å²) in [5, 5.41) is 33.6. The van der Waals surface area contributed by atoms with Gasteiger partial charge in [-0.15, -0.1) is 0 Å². The lowest BCUT2D eigenvalue weighted by Crippen LogP contribution is -2.70. The molecular weight excluding hydrogens is 861 g/mol. The fourth-order valence-corrected chi connectivity index (χ4v) is 13.5. The minimum atomic E-state index is -2.06. The maximum atomic E-state index is 12.3. The third-order valence-electron chi connectivity index (χ3n) is 17.9. The van der Waals surface area contributed by atoms with Gasteiger partial charge in [0.1, 0.15) is 17.1 Å². The van der Waals surface area contributed by atoms with E-state index < -0.39 is 83.2 Å². The molecule has 3 N–H and O–H groups in total. The smallest absolute Gasteiger partial charge is 0.311 e. The van der Waals surface area contributed by atoms with Crippen LogP contribution in [0.4, 0.5) is 0 Å². The van der Waals surface area contributed by atoms with Crippen LogP contribution in [0.15, 0.2) is 0 Å². The Morgan fingerprint density at radius 1 is 0.697 bits per heavy atom. The molecule has 7 rings (SSSR count). The Kier molecular flexibility index (Phi) is 15.8. The van der Waals surface area contributed by atoms with Crippen molar-refractivity contribution in [2.45, 2.75) is 235 Å². The summed E-state index contributed by atoms with van der Waals surface area (Å²) in [4.78, 5) is 12.3. The summed E-state index contributed by atoms with van der Waals surface area (Å²) < 4.78 is 84.5. The van der Waals surface area contributed by atoms with Crippen molar-refractivity contribution < 1.29 is 81.7 Å². The highest BCUT2D eigenvalue weighted by molar-refractivity contribution is 5.70. The monoisotopic (exact) mass is 945 g/mol. The molecule has 25 atom stereocenters. The summed E-state index contributed by atoms with van der Waals surface area (Å²) in [5.41, 5.74) is -2.02. The van der Waals surface area contributed by atoms with Gasteiger partial charge >= 0.3 is 5.97 Å². The van der Waals surface area contributed by atoms with E-state index in [1.54, 1.807) is 42.3 Å². The van der Waals surface area contributed by atoms with Gasteiger partial charge in [0.15, 0.2) is 23.7 Å².